The van der Waals surface area contributed by atoms with Crippen molar-refractivity contribution in [1.82, 2.24) is 5.32 Å². The molecule has 1 atom stereocenters. The Morgan fingerprint density at radius 1 is 1.14 bits per heavy atom. The number of anilines is 1. The largest absolute Gasteiger partial charge is 0.496 e. The van der Waals surface area contributed by atoms with Crippen LogP contribution in [0.3, 0.4) is 0 Å². The predicted molar refractivity (Wildman–Crippen MR) is 110 cm³/mol. The van der Waals surface area contributed by atoms with Gasteiger partial charge in [0, 0.05) is 11.4 Å². The lowest BCUT2D eigenvalue weighted by atomic mass is 10.1. The standard InChI is InChI=1S/C21H22N2O5S/c1-27-16-8-4-2-6-14(16)10-11-22-19(24)13-28-20(25)12-18-21(26)23-15-7-3-5-9-17(15)29-18/h2-9,18H,10-13H2,1H3,(H,22,24)(H,23,26)/t18-/m1/s1. The van der Waals surface area contributed by atoms with Crippen LogP contribution in [0, 0.1) is 0 Å². The van der Waals surface area contributed by atoms with Gasteiger partial charge in [0.2, 0.25) is 5.91 Å². The second-order valence-electron chi connectivity index (χ2n) is 6.37. The lowest BCUT2D eigenvalue weighted by molar-refractivity contribution is -0.149. The summed E-state index contributed by atoms with van der Waals surface area (Å²) in [6, 6.07) is 15.0. The Hall–Kier alpha value is -3.00. The van der Waals surface area contributed by atoms with Crippen LogP contribution in [0.1, 0.15) is 12.0 Å². The zero-order valence-corrected chi connectivity index (χ0v) is 16.8. The first-order chi connectivity index (χ1) is 14.1. The SMILES string of the molecule is COc1ccccc1CCNC(=O)COC(=O)C[C@H]1Sc2ccccc2NC1=O. The zero-order valence-electron chi connectivity index (χ0n) is 16.0. The average Bonchev–Trinajstić information content (AvgIpc) is 2.73. The molecule has 29 heavy (non-hydrogen) atoms. The molecular weight excluding hydrogens is 392 g/mol. The van der Waals surface area contributed by atoms with Crippen LogP contribution < -0.4 is 15.4 Å². The van der Waals surface area contributed by atoms with Gasteiger partial charge in [-0.1, -0.05) is 30.3 Å². The van der Waals surface area contributed by atoms with Crippen molar-refractivity contribution in [3.8, 4) is 5.75 Å². The van der Waals surface area contributed by atoms with Crippen LogP contribution in [0.15, 0.2) is 53.4 Å². The molecule has 2 aromatic rings. The van der Waals surface area contributed by atoms with Crippen molar-refractivity contribution >= 4 is 35.2 Å². The quantitative estimate of drug-likeness (QED) is 0.645. The Labute approximate surface area is 173 Å². The van der Waals surface area contributed by atoms with Crippen LogP contribution in [0.2, 0.25) is 0 Å². The Kier molecular flexibility index (Phi) is 7.13. The molecule has 0 radical (unpaired) electrons. The van der Waals surface area contributed by atoms with Gasteiger partial charge in [0.05, 0.1) is 24.5 Å². The first kappa shape index (κ1) is 20.7. The maximum atomic E-state index is 12.1. The van der Waals surface area contributed by atoms with Crippen LogP contribution in [-0.4, -0.2) is 43.3 Å². The third-order valence-corrected chi connectivity index (χ3v) is 5.61. The molecule has 152 valence electrons. The molecule has 1 heterocycles. The highest BCUT2D eigenvalue weighted by Gasteiger charge is 2.29. The van der Waals surface area contributed by atoms with Crippen molar-refractivity contribution in [2.24, 2.45) is 0 Å². The van der Waals surface area contributed by atoms with Crippen LogP contribution >= 0.6 is 11.8 Å². The molecule has 0 unspecified atom stereocenters. The van der Waals surface area contributed by atoms with Crippen LogP contribution in [0.4, 0.5) is 5.69 Å². The first-order valence-electron chi connectivity index (χ1n) is 9.17. The molecule has 1 aliphatic heterocycles. The van der Waals surface area contributed by atoms with E-state index in [-0.39, 0.29) is 24.8 Å². The van der Waals surface area contributed by atoms with Gasteiger partial charge in [-0.15, -0.1) is 11.8 Å². The van der Waals surface area contributed by atoms with E-state index in [0.29, 0.717) is 13.0 Å². The highest BCUT2D eigenvalue weighted by Crippen LogP contribution is 2.36. The second-order valence-corrected chi connectivity index (χ2v) is 7.61. The number of methoxy groups -OCH3 is 1. The number of thioether (sulfide) groups is 1. The van der Waals surface area contributed by atoms with Crippen molar-refractivity contribution in [2.45, 2.75) is 23.0 Å². The van der Waals surface area contributed by atoms with Crippen molar-refractivity contribution in [3.63, 3.8) is 0 Å². The monoisotopic (exact) mass is 414 g/mol. The summed E-state index contributed by atoms with van der Waals surface area (Å²) in [5, 5.41) is 4.91. The predicted octanol–water partition coefficient (Wildman–Crippen LogP) is 2.40. The molecule has 0 saturated heterocycles. The minimum Gasteiger partial charge on any atom is -0.496 e. The van der Waals surface area contributed by atoms with E-state index in [1.54, 1.807) is 7.11 Å². The molecule has 0 aromatic heterocycles. The van der Waals surface area contributed by atoms with E-state index in [0.717, 1.165) is 21.9 Å². The number of nitrogens with one attached hydrogen (secondary N) is 2. The van der Waals surface area contributed by atoms with Crippen molar-refractivity contribution < 1.29 is 23.9 Å². The Morgan fingerprint density at radius 2 is 1.90 bits per heavy atom. The Balaban J connectivity index is 1.39. The number of carbonyl (C=O) groups is 3. The van der Waals surface area contributed by atoms with E-state index >= 15 is 0 Å². The van der Waals surface area contributed by atoms with E-state index in [9.17, 15) is 14.4 Å². The normalized spacial score (nSPS) is 15.1. The van der Waals surface area contributed by atoms with Gasteiger partial charge in [0.15, 0.2) is 6.61 Å². The highest BCUT2D eigenvalue weighted by molar-refractivity contribution is 8.01. The van der Waals surface area contributed by atoms with E-state index in [1.807, 2.05) is 48.5 Å². The topological polar surface area (TPSA) is 93.7 Å². The molecule has 8 heteroatoms. The Bertz CT molecular complexity index is 902. The number of carbonyl (C=O) groups excluding carboxylic acids is 3. The first-order valence-corrected chi connectivity index (χ1v) is 10.1. The molecule has 3 rings (SSSR count). The molecule has 2 N–H and O–H groups in total. The van der Waals surface area contributed by atoms with Crippen molar-refractivity contribution in [2.75, 3.05) is 25.6 Å². The second kappa shape index (κ2) is 9.97. The van der Waals surface area contributed by atoms with Crippen LogP contribution in [0.25, 0.3) is 0 Å². The van der Waals surface area contributed by atoms with Gasteiger partial charge in [0.1, 0.15) is 5.75 Å². The summed E-state index contributed by atoms with van der Waals surface area (Å²) in [6.07, 6.45) is 0.501. The maximum absolute atomic E-state index is 12.1. The van der Waals surface area contributed by atoms with E-state index in [1.165, 1.54) is 11.8 Å². The minimum absolute atomic E-state index is 0.0979. The van der Waals surface area contributed by atoms with Gasteiger partial charge < -0.3 is 20.1 Å². The number of ether oxygens (including phenoxy) is 2. The minimum atomic E-state index is -0.586. The molecule has 2 aromatic carbocycles. The molecule has 2 amide bonds. The third kappa shape index (κ3) is 5.74. The number of amides is 2. The number of esters is 1. The lowest BCUT2D eigenvalue weighted by Crippen LogP contribution is -2.33. The summed E-state index contributed by atoms with van der Waals surface area (Å²) in [4.78, 5) is 37.0. The fourth-order valence-corrected chi connectivity index (χ4v) is 3.98. The van der Waals surface area contributed by atoms with Gasteiger partial charge >= 0.3 is 5.97 Å². The molecule has 0 fully saturated rings. The number of hydrogen-bond acceptors (Lipinski definition) is 6. The maximum Gasteiger partial charge on any atom is 0.307 e. The summed E-state index contributed by atoms with van der Waals surface area (Å²) in [5.41, 5.74) is 1.72. The van der Waals surface area contributed by atoms with E-state index in [2.05, 4.69) is 10.6 Å². The molecule has 7 nitrogen and oxygen atoms in total. The lowest BCUT2D eigenvalue weighted by Gasteiger charge is -2.23. The number of fused-ring (bicyclic) bond motifs is 1. The zero-order chi connectivity index (χ0) is 20.6. The summed E-state index contributed by atoms with van der Waals surface area (Å²) >= 11 is 1.32. The molecule has 0 saturated carbocycles. The molecule has 0 bridgehead atoms. The molecular formula is C21H22N2O5S. The number of hydrogen-bond donors (Lipinski definition) is 2. The number of rotatable bonds is 8. The average molecular weight is 414 g/mol. The van der Waals surface area contributed by atoms with Gasteiger partial charge in [-0.25, -0.2) is 0 Å². The highest BCUT2D eigenvalue weighted by atomic mass is 32.2. The van der Waals surface area contributed by atoms with Gasteiger partial charge in [-0.3, -0.25) is 14.4 Å². The summed E-state index contributed by atoms with van der Waals surface area (Å²) < 4.78 is 10.3. The van der Waals surface area contributed by atoms with Crippen molar-refractivity contribution in [3.05, 3.63) is 54.1 Å². The van der Waals surface area contributed by atoms with E-state index in [4.69, 9.17) is 9.47 Å². The molecule has 0 spiro atoms. The Morgan fingerprint density at radius 3 is 2.72 bits per heavy atom. The number of para-hydroxylation sites is 2. The van der Waals surface area contributed by atoms with Gasteiger partial charge in [0.25, 0.3) is 5.91 Å². The smallest absolute Gasteiger partial charge is 0.307 e. The fraction of sp³-hybridized carbons (Fsp3) is 0.286. The van der Waals surface area contributed by atoms with Crippen molar-refractivity contribution in [1.29, 1.82) is 0 Å². The van der Waals surface area contributed by atoms with Crippen LogP contribution in [0.5, 0.6) is 5.75 Å². The summed E-state index contributed by atoms with van der Waals surface area (Å²) in [7, 11) is 1.60. The van der Waals surface area contributed by atoms with Gasteiger partial charge in [-0.05, 0) is 30.2 Å². The van der Waals surface area contributed by atoms with Crippen LogP contribution in [-0.2, 0) is 25.5 Å². The van der Waals surface area contributed by atoms with Gasteiger partial charge in [-0.2, -0.15) is 0 Å². The third-order valence-electron chi connectivity index (χ3n) is 4.33. The summed E-state index contributed by atoms with van der Waals surface area (Å²) in [6.45, 7) is 0.0226. The number of benzene rings is 2. The molecule has 1 aliphatic rings. The summed E-state index contributed by atoms with van der Waals surface area (Å²) in [5.74, 6) is -0.457. The fourth-order valence-electron chi connectivity index (χ4n) is 2.88. The molecule has 0 aliphatic carbocycles. The van der Waals surface area contributed by atoms with E-state index < -0.39 is 11.2 Å².